The summed E-state index contributed by atoms with van der Waals surface area (Å²) in [6.45, 7) is 6.88. The van der Waals surface area contributed by atoms with Gasteiger partial charge in [-0.1, -0.05) is 90.0 Å². The number of benzene rings is 3. The van der Waals surface area contributed by atoms with Crippen LogP contribution in [0.15, 0.2) is 78.9 Å². The van der Waals surface area contributed by atoms with E-state index in [0.29, 0.717) is 19.5 Å². The molecule has 1 unspecified atom stereocenters. The fraction of sp³-hybridized carbons (Fsp3) is 0.286. The molecule has 0 heterocycles. The molecule has 3 aromatic carbocycles. The summed E-state index contributed by atoms with van der Waals surface area (Å²) in [5, 5.41) is 2.94. The molecular weight excluding hydrogens is 396 g/mol. The number of nitrogens with zero attached hydrogens (tertiary/aromatic N) is 1. The highest BCUT2D eigenvalue weighted by Crippen LogP contribution is 2.17. The number of carbonyl (C=O) groups excluding carboxylic acids is 2. The van der Waals surface area contributed by atoms with Crippen LogP contribution in [0, 0.1) is 13.8 Å². The number of carbonyl (C=O) groups is 2. The second kappa shape index (κ2) is 11.3. The van der Waals surface area contributed by atoms with Crippen molar-refractivity contribution >= 4 is 11.8 Å². The predicted octanol–water partition coefficient (Wildman–Crippen LogP) is 4.62. The van der Waals surface area contributed by atoms with Gasteiger partial charge in [0.05, 0.1) is 6.42 Å². The van der Waals surface area contributed by atoms with Crippen LogP contribution in [0.4, 0.5) is 0 Å². The average Bonchev–Trinajstić information content (AvgIpc) is 2.77. The maximum Gasteiger partial charge on any atom is 0.243 e. The van der Waals surface area contributed by atoms with Gasteiger partial charge in [-0.2, -0.15) is 0 Å². The van der Waals surface area contributed by atoms with Gasteiger partial charge in [-0.25, -0.2) is 0 Å². The van der Waals surface area contributed by atoms with Crippen molar-refractivity contribution in [3.05, 3.63) is 107 Å². The summed E-state index contributed by atoms with van der Waals surface area (Å²) in [5.41, 5.74) is 5.27. The molecule has 0 bridgehead atoms. The molecule has 0 aliphatic heterocycles. The summed E-state index contributed by atoms with van der Waals surface area (Å²) in [6, 6.07) is 25.3. The molecule has 2 amide bonds. The van der Waals surface area contributed by atoms with Gasteiger partial charge in [-0.3, -0.25) is 9.59 Å². The van der Waals surface area contributed by atoms with Crippen molar-refractivity contribution in [3.8, 4) is 0 Å². The highest BCUT2D eigenvalue weighted by atomic mass is 16.2. The van der Waals surface area contributed by atoms with Crippen molar-refractivity contribution in [2.24, 2.45) is 0 Å². The van der Waals surface area contributed by atoms with Gasteiger partial charge < -0.3 is 10.2 Å². The molecule has 32 heavy (non-hydrogen) atoms. The first kappa shape index (κ1) is 23.3. The third-order valence-electron chi connectivity index (χ3n) is 5.45. The van der Waals surface area contributed by atoms with Crippen molar-refractivity contribution in [2.45, 2.75) is 46.2 Å². The zero-order valence-corrected chi connectivity index (χ0v) is 19.2. The van der Waals surface area contributed by atoms with Crippen LogP contribution < -0.4 is 5.32 Å². The van der Waals surface area contributed by atoms with E-state index in [1.807, 2.05) is 93.6 Å². The molecule has 3 rings (SSSR count). The van der Waals surface area contributed by atoms with Gasteiger partial charge in [0.2, 0.25) is 11.8 Å². The monoisotopic (exact) mass is 428 g/mol. The smallest absolute Gasteiger partial charge is 0.243 e. The molecule has 3 aromatic rings. The van der Waals surface area contributed by atoms with E-state index in [2.05, 4.69) is 11.4 Å². The minimum atomic E-state index is -0.587. The van der Waals surface area contributed by atoms with Crippen molar-refractivity contribution in [1.29, 1.82) is 0 Å². The third-order valence-corrected chi connectivity index (χ3v) is 5.45. The molecular formula is C28H32N2O2. The first-order chi connectivity index (χ1) is 15.5. The lowest BCUT2D eigenvalue weighted by molar-refractivity contribution is -0.140. The lowest BCUT2D eigenvalue weighted by atomic mass is 10.0. The van der Waals surface area contributed by atoms with E-state index in [-0.39, 0.29) is 18.2 Å². The number of hydrogen-bond donors (Lipinski definition) is 1. The molecule has 0 fully saturated rings. The van der Waals surface area contributed by atoms with Crippen molar-refractivity contribution in [1.82, 2.24) is 10.2 Å². The molecule has 1 N–H and O–H groups in total. The fourth-order valence-electron chi connectivity index (χ4n) is 4.07. The van der Waals surface area contributed by atoms with Crippen LogP contribution in [-0.2, 0) is 29.0 Å². The van der Waals surface area contributed by atoms with Crippen LogP contribution in [0.25, 0.3) is 0 Å². The minimum absolute atomic E-state index is 0.0500. The number of amides is 2. The Hall–Kier alpha value is -3.40. The maximum atomic E-state index is 13.6. The van der Waals surface area contributed by atoms with Gasteiger partial charge >= 0.3 is 0 Å². The lowest BCUT2D eigenvalue weighted by Crippen LogP contribution is -2.50. The van der Waals surface area contributed by atoms with Crippen molar-refractivity contribution < 1.29 is 9.59 Å². The molecule has 0 saturated carbocycles. The summed E-state index contributed by atoms with van der Waals surface area (Å²) in [6.07, 6.45) is 0.734. The molecule has 0 spiro atoms. The summed E-state index contributed by atoms with van der Waals surface area (Å²) < 4.78 is 0. The third kappa shape index (κ3) is 6.55. The Labute approximate surface area is 191 Å². The lowest BCUT2D eigenvalue weighted by Gasteiger charge is -2.31. The second-order valence-corrected chi connectivity index (χ2v) is 8.28. The van der Waals surface area contributed by atoms with E-state index in [0.717, 1.165) is 27.8 Å². The van der Waals surface area contributed by atoms with Crippen LogP contribution in [0.5, 0.6) is 0 Å². The molecule has 4 nitrogen and oxygen atoms in total. The van der Waals surface area contributed by atoms with Crippen LogP contribution in [0.2, 0.25) is 0 Å². The van der Waals surface area contributed by atoms with E-state index in [9.17, 15) is 9.59 Å². The Morgan fingerprint density at radius 3 is 1.94 bits per heavy atom. The highest BCUT2D eigenvalue weighted by Gasteiger charge is 2.30. The van der Waals surface area contributed by atoms with Gasteiger partial charge in [0, 0.05) is 19.5 Å². The zero-order chi connectivity index (χ0) is 22.9. The molecule has 1 atom stereocenters. The highest BCUT2D eigenvalue weighted by molar-refractivity contribution is 5.88. The number of nitrogens with one attached hydrogen (secondary N) is 1. The van der Waals surface area contributed by atoms with Crippen LogP contribution in [-0.4, -0.2) is 29.3 Å². The Morgan fingerprint density at radius 2 is 1.38 bits per heavy atom. The van der Waals surface area contributed by atoms with E-state index < -0.39 is 6.04 Å². The Kier molecular flexibility index (Phi) is 8.20. The second-order valence-electron chi connectivity index (χ2n) is 8.28. The molecule has 0 radical (unpaired) electrons. The van der Waals surface area contributed by atoms with E-state index in [4.69, 9.17) is 0 Å². The first-order valence-corrected chi connectivity index (χ1v) is 11.2. The standard InChI is InChI=1S/C28H32N2O2/c1-4-29-28(32)26(18-23-11-7-5-8-12-23)30(20-24-13-9-6-10-14-24)27(31)19-25-16-21(2)15-22(3)17-25/h5-17,26H,4,18-20H2,1-3H3,(H,29,32). The van der Waals surface area contributed by atoms with Gasteiger partial charge in [0.25, 0.3) is 0 Å². The van der Waals surface area contributed by atoms with E-state index in [1.54, 1.807) is 4.90 Å². The van der Waals surface area contributed by atoms with E-state index in [1.165, 1.54) is 0 Å². The minimum Gasteiger partial charge on any atom is -0.355 e. The summed E-state index contributed by atoms with van der Waals surface area (Å²) in [4.78, 5) is 28.5. The quantitative estimate of drug-likeness (QED) is 0.541. The summed E-state index contributed by atoms with van der Waals surface area (Å²) in [5.74, 6) is -0.174. The molecule has 0 aliphatic rings. The Bertz CT molecular complexity index is 1010. The summed E-state index contributed by atoms with van der Waals surface area (Å²) >= 11 is 0. The fourth-order valence-corrected chi connectivity index (χ4v) is 4.07. The molecule has 0 aliphatic carbocycles. The van der Waals surface area contributed by atoms with Crippen molar-refractivity contribution in [2.75, 3.05) is 6.54 Å². The SMILES string of the molecule is CCNC(=O)C(Cc1ccccc1)N(Cc1ccccc1)C(=O)Cc1cc(C)cc(C)c1. The van der Waals surface area contributed by atoms with Gasteiger partial charge in [-0.05, 0) is 37.5 Å². The van der Waals surface area contributed by atoms with Crippen LogP contribution in [0.1, 0.15) is 34.7 Å². The maximum absolute atomic E-state index is 13.6. The molecule has 166 valence electrons. The first-order valence-electron chi connectivity index (χ1n) is 11.2. The number of hydrogen-bond acceptors (Lipinski definition) is 2. The van der Waals surface area contributed by atoms with Gasteiger partial charge in [0.15, 0.2) is 0 Å². The van der Waals surface area contributed by atoms with E-state index >= 15 is 0 Å². The number of rotatable bonds is 9. The van der Waals surface area contributed by atoms with Gasteiger partial charge in [-0.15, -0.1) is 0 Å². The number of aryl methyl sites for hydroxylation is 2. The molecule has 4 heteroatoms. The normalized spacial score (nSPS) is 11.6. The molecule has 0 saturated heterocycles. The van der Waals surface area contributed by atoms with Crippen LogP contribution in [0.3, 0.4) is 0 Å². The van der Waals surface area contributed by atoms with Crippen molar-refractivity contribution in [3.63, 3.8) is 0 Å². The average molecular weight is 429 g/mol. The van der Waals surface area contributed by atoms with Gasteiger partial charge in [0.1, 0.15) is 6.04 Å². The Balaban J connectivity index is 1.95. The van der Waals surface area contributed by atoms with Crippen LogP contribution >= 0.6 is 0 Å². The molecule has 0 aromatic heterocycles. The topological polar surface area (TPSA) is 49.4 Å². The Morgan fingerprint density at radius 1 is 0.812 bits per heavy atom. The zero-order valence-electron chi connectivity index (χ0n) is 19.2. The predicted molar refractivity (Wildman–Crippen MR) is 129 cm³/mol. The largest absolute Gasteiger partial charge is 0.355 e. The number of likely N-dealkylation sites (N-methyl/N-ethyl adjacent to an activating group) is 1. The summed E-state index contributed by atoms with van der Waals surface area (Å²) in [7, 11) is 0.